The molecule has 1 saturated carbocycles. The Labute approximate surface area is 77.0 Å². The number of pyridine rings is 1. The Kier molecular flexibility index (Phi) is 2.04. The van der Waals surface area contributed by atoms with Crippen molar-refractivity contribution < 1.29 is 4.39 Å². The zero-order valence-electron chi connectivity index (χ0n) is 7.46. The normalized spacial score (nSPS) is 18.6. The van der Waals surface area contributed by atoms with E-state index in [0.29, 0.717) is 12.0 Å². The average molecular weight is 180 g/mol. The van der Waals surface area contributed by atoms with Crippen molar-refractivity contribution in [1.29, 1.82) is 0 Å². The number of aryl methyl sites for hydroxylation is 1. The second kappa shape index (κ2) is 3.07. The van der Waals surface area contributed by atoms with Gasteiger partial charge in [0.05, 0.1) is 0 Å². The van der Waals surface area contributed by atoms with Crippen LogP contribution in [0.5, 0.6) is 0 Å². The highest BCUT2D eigenvalue weighted by molar-refractivity contribution is 5.13. The highest BCUT2D eigenvalue weighted by Gasteiger charge is 2.37. The molecule has 13 heavy (non-hydrogen) atoms. The zero-order chi connectivity index (χ0) is 9.31. The molecule has 0 aliphatic heterocycles. The summed E-state index contributed by atoms with van der Waals surface area (Å²) < 4.78 is 13.0. The van der Waals surface area contributed by atoms with Gasteiger partial charge in [0.1, 0.15) is 0 Å². The van der Waals surface area contributed by atoms with E-state index in [1.54, 1.807) is 12.1 Å². The molecule has 0 aromatic carbocycles. The molecule has 1 aromatic rings. The third kappa shape index (κ3) is 2.04. The number of rotatable bonds is 3. The van der Waals surface area contributed by atoms with Gasteiger partial charge in [-0.3, -0.25) is 0 Å². The van der Waals surface area contributed by atoms with E-state index in [1.807, 2.05) is 0 Å². The Hall–Kier alpha value is -0.960. The third-order valence-electron chi connectivity index (χ3n) is 2.62. The van der Waals surface area contributed by atoms with Gasteiger partial charge >= 0.3 is 0 Å². The summed E-state index contributed by atoms with van der Waals surface area (Å²) in [6.45, 7) is 0. The summed E-state index contributed by atoms with van der Waals surface area (Å²) in [5.74, 6) is -0.355. The lowest BCUT2D eigenvalue weighted by atomic mass is 10.1. The second-order valence-corrected chi connectivity index (χ2v) is 3.82. The van der Waals surface area contributed by atoms with Gasteiger partial charge in [0.2, 0.25) is 5.95 Å². The molecule has 1 fully saturated rings. The minimum atomic E-state index is -0.355. The van der Waals surface area contributed by atoms with Crippen molar-refractivity contribution in [2.45, 2.75) is 31.2 Å². The van der Waals surface area contributed by atoms with E-state index in [2.05, 4.69) is 4.98 Å². The van der Waals surface area contributed by atoms with Crippen molar-refractivity contribution in [3.63, 3.8) is 0 Å². The summed E-state index contributed by atoms with van der Waals surface area (Å²) in [7, 11) is 0. The summed E-state index contributed by atoms with van der Waals surface area (Å²) in [5.41, 5.74) is 6.58. The van der Waals surface area contributed by atoms with E-state index >= 15 is 0 Å². The number of hydrogen-bond acceptors (Lipinski definition) is 2. The molecule has 1 aliphatic carbocycles. The average Bonchev–Trinajstić information content (AvgIpc) is 2.83. The van der Waals surface area contributed by atoms with Crippen LogP contribution in [-0.4, -0.2) is 10.5 Å². The first-order valence-corrected chi connectivity index (χ1v) is 4.58. The fourth-order valence-corrected chi connectivity index (χ4v) is 1.40. The molecule has 0 unspecified atom stereocenters. The topological polar surface area (TPSA) is 38.9 Å². The van der Waals surface area contributed by atoms with Gasteiger partial charge in [-0.2, -0.15) is 4.39 Å². The first-order chi connectivity index (χ1) is 6.20. The summed E-state index contributed by atoms with van der Waals surface area (Å²) in [4.78, 5) is 3.59. The second-order valence-electron chi connectivity index (χ2n) is 3.82. The quantitative estimate of drug-likeness (QED) is 0.718. The van der Waals surface area contributed by atoms with Crippen molar-refractivity contribution >= 4 is 0 Å². The van der Waals surface area contributed by atoms with Crippen molar-refractivity contribution in [1.82, 2.24) is 4.98 Å². The fourth-order valence-electron chi connectivity index (χ4n) is 1.40. The van der Waals surface area contributed by atoms with Gasteiger partial charge in [0, 0.05) is 17.3 Å². The van der Waals surface area contributed by atoms with Gasteiger partial charge in [-0.05, 0) is 31.7 Å². The molecule has 0 radical (unpaired) electrons. The maximum atomic E-state index is 13.0. The molecule has 1 aliphatic rings. The highest BCUT2D eigenvalue weighted by Crippen LogP contribution is 2.36. The minimum Gasteiger partial charge on any atom is -0.325 e. The molecule has 2 nitrogen and oxygen atoms in total. The van der Waals surface area contributed by atoms with Gasteiger partial charge in [-0.1, -0.05) is 6.07 Å². The smallest absolute Gasteiger partial charge is 0.216 e. The Morgan fingerprint density at radius 3 is 2.92 bits per heavy atom. The van der Waals surface area contributed by atoms with Crippen LogP contribution in [0.25, 0.3) is 0 Å². The van der Waals surface area contributed by atoms with Gasteiger partial charge in [-0.15, -0.1) is 0 Å². The molecule has 0 amide bonds. The monoisotopic (exact) mass is 180 g/mol. The molecule has 0 spiro atoms. The van der Waals surface area contributed by atoms with Crippen LogP contribution in [0.15, 0.2) is 18.3 Å². The van der Waals surface area contributed by atoms with Crippen LogP contribution in [0.2, 0.25) is 0 Å². The summed E-state index contributed by atoms with van der Waals surface area (Å²) in [6, 6.07) is 3.53. The zero-order valence-corrected chi connectivity index (χ0v) is 7.46. The molecule has 3 heteroatoms. The van der Waals surface area contributed by atoms with E-state index in [1.165, 1.54) is 6.20 Å². The van der Waals surface area contributed by atoms with Crippen LogP contribution in [0, 0.1) is 5.95 Å². The Morgan fingerprint density at radius 2 is 2.31 bits per heavy atom. The van der Waals surface area contributed by atoms with E-state index in [4.69, 9.17) is 5.73 Å². The first kappa shape index (κ1) is 8.63. The van der Waals surface area contributed by atoms with E-state index in [9.17, 15) is 4.39 Å². The third-order valence-corrected chi connectivity index (χ3v) is 2.62. The number of nitrogens with zero attached hydrogens (tertiary/aromatic N) is 1. The fraction of sp³-hybridized carbons (Fsp3) is 0.500. The van der Waals surface area contributed by atoms with Crippen molar-refractivity contribution in [2.75, 3.05) is 0 Å². The molecule has 2 rings (SSSR count). The van der Waals surface area contributed by atoms with Crippen LogP contribution in [-0.2, 0) is 6.42 Å². The number of aromatic nitrogens is 1. The number of halogens is 1. The SMILES string of the molecule is NC1(CCc2cccnc2F)CC1. The predicted octanol–water partition coefficient (Wildman–Crippen LogP) is 1.64. The molecule has 70 valence electrons. The lowest BCUT2D eigenvalue weighted by Gasteiger charge is -2.07. The lowest BCUT2D eigenvalue weighted by molar-refractivity contribution is 0.544. The standard InChI is InChI=1S/C10H13FN2/c11-9-8(2-1-7-13-9)3-4-10(12)5-6-10/h1-2,7H,3-6,12H2. The molecular weight excluding hydrogens is 167 g/mol. The minimum absolute atomic E-state index is 0.00226. The Bertz CT molecular complexity index is 308. The van der Waals surface area contributed by atoms with Gasteiger partial charge in [0.15, 0.2) is 0 Å². The molecule has 0 atom stereocenters. The van der Waals surface area contributed by atoms with E-state index < -0.39 is 0 Å². The largest absolute Gasteiger partial charge is 0.325 e. The highest BCUT2D eigenvalue weighted by atomic mass is 19.1. The van der Waals surface area contributed by atoms with E-state index in [0.717, 1.165) is 19.3 Å². The molecule has 2 N–H and O–H groups in total. The summed E-state index contributed by atoms with van der Waals surface area (Å²) in [6.07, 6.45) is 5.20. The molecule has 0 bridgehead atoms. The summed E-state index contributed by atoms with van der Waals surface area (Å²) in [5, 5.41) is 0. The molecule has 0 saturated heterocycles. The van der Waals surface area contributed by atoms with Crippen molar-refractivity contribution in [2.24, 2.45) is 5.73 Å². The summed E-state index contributed by atoms with van der Waals surface area (Å²) >= 11 is 0. The molecule has 1 aromatic heterocycles. The van der Waals surface area contributed by atoms with Crippen molar-refractivity contribution in [3.8, 4) is 0 Å². The Balaban J connectivity index is 1.97. The van der Waals surface area contributed by atoms with E-state index in [-0.39, 0.29) is 11.5 Å². The maximum Gasteiger partial charge on any atom is 0.216 e. The maximum absolute atomic E-state index is 13.0. The van der Waals surface area contributed by atoms with Gasteiger partial charge in [-0.25, -0.2) is 4.98 Å². The van der Waals surface area contributed by atoms with Crippen molar-refractivity contribution in [3.05, 3.63) is 29.8 Å². The first-order valence-electron chi connectivity index (χ1n) is 4.58. The number of hydrogen-bond donors (Lipinski definition) is 1. The number of nitrogens with two attached hydrogens (primary N) is 1. The van der Waals surface area contributed by atoms with Crippen LogP contribution in [0.3, 0.4) is 0 Å². The van der Waals surface area contributed by atoms with Crippen LogP contribution < -0.4 is 5.73 Å². The van der Waals surface area contributed by atoms with Crippen LogP contribution in [0.4, 0.5) is 4.39 Å². The molecular formula is C10H13FN2. The van der Waals surface area contributed by atoms with Crippen LogP contribution in [0.1, 0.15) is 24.8 Å². The van der Waals surface area contributed by atoms with Gasteiger partial charge in [0.25, 0.3) is 0 Å². The molecule has 1 heterocycles. The Morgan fingerprint density at radius 1 is 1.54 bits per heavy atom. The lowest BCUT2D eigenvalue weighted by Crippen LogP contribution is -2.22. The van der Waals surface area contributed by atoms with Gasteiger partial charge < -0.3 is 5.73 Å². The predicted molar refractivity (Wildman–Crippen MR) is 48.7 cm³/mol. The van der Waals surface area contributed by atoms with Crippen LogP contribution >= 0.6 is 0 Å².